The van der Waals surface area contributed by atoms with Crippen molar-refractivity contribution in [1.82, 2.24) is 24.8 Å². The van der Waals surface area contributed by atoms with Gasteiger partial charge in [0.05, 0.1) is 6.20 Å². The van der Waals surface area contributed by atoms with Crippen molar-refractivity contribution in [1.29, 1.82) is 0 Å². The van der Waals surface area contributed by atoms with Crippen molar-refractivity contribution in [3.05, 3.63) is 12.0 Å². The maximum Gasteiger partial charge on any atom is 0.273 e. The molecule has 2 aromatic rings. The van der Waals surface area contributed by atoms with Crippen LogP contribution in [-0.4, -0.2) is 24.8 Å². The van der Waals surface area contributed by atoms with Crippen molar-refractivity contribution in [2.75, 3.05) is 5.73 Å². The van der Waals surface area contributed by atoms with Gasteiger partial charge in [0.25, 0.3) is 5.78 Å². The van der Waals surface area contributed by atoms with Crippen LogP contribution in [0, 0.1) is 6.92 Å². The first kappa shape index (κ1) is 6.02. The molecule has 0 aliphatic carbocycles. The fourth-order valence-electron chi connectivity index (χ4n) is 0.836. The molecule has 11 heavy (non-hydrogen) atoms. The molecule has 56 valence electrons. The summed E-state index contributed by atoms with van der Waals surface area (Å²) >= 11 is 0. The van der Waals surface area contributed by atoms with Crippen molar-refractivity contribution in [3.8, 4) is 0 Å². The maximum absolute atomic E-state index is 5.53. The quantitative estimate of drug-likeness (QED) is 0.542. The van der Waals surface area contributed by atoms with Crippen molar-refractivity contribution in [2.45, 2.75) is 6.92 Å². The zero-order valence-corrected chi connectivity index (χ0v) is 5.89. The van der Waals surface area contributed by atoms with E-state index >= 15 is 0 Å². The van der Waals surface area contributed by atoms with Gasteiger partial charge in [0.1, 0.15) is 11.6 Å². The lowest BCUT2D eigenvalue weighted by molar-refractivity contribution is 0.888. The molecule has 0 amide bonds. The number of aromatic nitrogens is 5. The standard InChI is InChI=1S/C5H6N6/c1-3-8-5-9-7-2-4(6)11(5)10-3/h2H,6H2,1H3. The number of nitrogen functional groups attached to an aromatic ring is 1. The first-order valence-electron chi connectivity index (χ1n) is 3.08. The van der Waals surface area contributed by atoms with Crippen LogP contribution in [0.1, 0.15) is 5.82 Å². The molecule has 0 unspecified atom stereocenters. The Bertz CT molecular complexity index is 391. The molecule has 6 nitrogen and oxygen atoms in total. The second-order valence-corrected chi connectivity index (χ2v) is 2.14. The van der Waals surface area contributed by atoms with Gasteiger partial charge in [-0.15, -0.1) is 10.2 Å². The summed E-state index contributed by atoms with van der Waals surface area (Å²) in [5.41, 5.74) is 5.53. The first-order valence-corrected chi connectivity index (χ1v) is 3.08. The Labute approximate surface area is 62.1 Å². The first-order chi connectivity index (χ1) is 5.27. The molecular formula is C5H6N6. The third kappa shape index (κ3) is 0.794. The summed E-state index contributed by atoms with van der Waals surface area (Å²) in [5, 5.41) is 11.3. The highest BCUT2D eigenvalue weighted by atomic mass is 15.4. The normalized spacial score (nSPS) is 10.6. The van der Waals surface area contributed by atoms with Gasteiger partial charge in [0, 0.05) is 0 Å². The number of fused-ring (bicyclic) bond motifs is 1. The van der Waals surface area contributed by atoms with Crippen LogP contribution in [0.2, 0.25) is 0 Å². The molecule has 2 heterocycles. The Morgan fingerprint density at radius 1 is 1.55 bits per heavy atom. The van der Waals surface area contributed by atoms with Gasteiger partial charge in [-0.2, -0.15) is 14.6 Å². The van der Waals surface area contributed by atoms with E-state index in [0.29, 0.717) is 17.4 Å². The lowest BCUT2D eigenvalue weighted by Gasteiger charge is -1.91. The van der Waals surface area contributed by atoms with Crippen molar-refractivity contribution in [3.63, 3.8) is 0 Å². The molecule has 0 aliphatic heterocycles. The van der Waals surface area contributed by atoms with E-state index in [2.05, 4.69) is 20.3 Å². The molecule has 0 bridgehead atoms. The summed E-state index contributed by atoms with van der Waals surface area (Å²) in [7, 11) is 0. The lowest BCUT2D eigenvalue weighted by Crippen LogP contribution is -2.01. The molecule has 2 aromatic heterocycles. The van der Waals surface area contributed by atoms with Crippen LogP contribution in [0.15, 0.2) is 6.20 Å². The Hall–Kier alpha value is -1.72. The van der Waals surface area contributed by atoms with Gasteiger partial charge in [0.15, 0.2) is 0 Å². The van der Waals surface area contributed by atoms with Crippen LogP contribution in [0.5, 0.6) is 0 Å². The van der Waals surface area contributed by atoms with Crippen molar-refractivity contribution >= 4 is 11.6 Å². The third-order valence-electron chi connectivity index (χ3n) is 1.28. The predicted octanol–water partition coefficient (Wildman–Crippen LogP) is -0.590. The van der Waals surface area contributed by atoms with Crippen molar-refractivity contribution in [2.24, 2.45) is 0 Å². The largest absolute Gasteiger partial charge is 0.382 e. The second kappa shape index (κ2) is 1.88. The number of rotatable bonds is 0. The van der Waals surface area contributed by atoms with Crippen LogP contribution in [0.4, 0.5) is 5.82 Å². The van der Waals surface area contributed by atoms with E-state index in [-0.39, 0.29) is 0 Å². The van der Waals surface area contributed by atoms with E-state index in [9.17, 15) is 0 Å². The van der Waals surface area contributed by atoms with Gasteiger partial charge in [-0.25, -0.2) is 0 Å². The average molecular weight is 150 g/mol. The van der Waals surface area contributed by atoms with Crippen molar-refractivity contribution < 1.29 is 0 Å². The lowest BCUT2D eigenvalue weighted by atomic mass is 10.7. The molecule has 0 saturated heterocycles. The van der Waals surface area contributed by atoms with Gasteiger partial charge in [-0.3, -0.25) is 0 Å². The SMILES string of the molecule is Cc1nc2nncc(N)n2n1. The summed E-state index contributed by atoms with van der Waals surface area (Å²) in [6, 6.07) is 0. The molecule has 2 rings (SSSR count). The summed E-state index contributed by atoms with van der Waals surface area (Å²) in [4.78, 5) is 3.97. The Morgan fingerprint density at radius 3 is 3.09 bits per heavy atom. The molecule has 0 saturated carbocycles. The minimum absolute atomic E-state index is 0.433. The molecule has 2 N–H and O–H groups in total. The summed E-state index contributed by atoms with van der Waals surface area (Å²) in [5.74, 6) is 1.51. The van der Waals surface area contributed by atoms with Gasteiger partial charge in [-0.1, -0.05) is 0 Å². The molecule has 6 heteroatoms. The van der Waals surface area contributed by atoms with E-state index in [1.54, 1.807) is 6.92 Å². The zero-order valence-electron chi connectivity index (χ0n) is 5.89. The number of anilines is 1. The van der Waals surface area contributed by atoms with Crippen LogP contribution in [0.25, 0.3) is 5.78 Å². The molecule has 0 aliphatic rings. The second-order valence-electron chi connectivity index (χ2n) is 2.14. The Morgan fingerprint density at radius 2 is 2.36 bits per heavy atom. The highest BCUT2D eigenvalue weighted by Gasteiger charge is 2.01. The summed E-state index contributed by atoms with van der Waals surface area (Å²) in [6.07, 6.45) is 1.43. The average Bonchev–Trinajstić information content (AvgIpc) is 2.31. The minimum atomic E-state index is 0.433. The smallest absolute Gasteiger partial charge is 0.273 e. The predicted molar refractivity (Wildman–Crippen MR) is 37.7 cm³/mol. The van der Waals surface area contributed by atoms with Gasteiger partial charge < -0.3 is 5.73 Å². The summed E-state index contributed by atoms with van der Waals surface area (Å²) < 4.78 is 1.45. The molecule has 0 aromatic carbocycles. The molecule has 0 radical (unpaired) electrons. The number of nitrogens with two attached hydrogens (primary N) is 1. The molecule has 0 atom stereocenters. The number of nitrogens with zero attached hydrogens (tertiary/aromatic N) is 5. The highest BCUT2D eigenvalue weighted by Crippen LogP contribution is 2.00. The fourth-order valence-corrected chi connectivity index (χ4v) is 0.836. The topological polar surface area (TPSA) is 82.0 Å². The van der Waals surface area contributed by atoms with E-state index in [1.165, 1.54) is 10.7 Å². The van der Waals surface area contributed by atoms with Gasteiger partial charge in [0.2, 0.25) is 0 Å². The van der Waals surface area contributed by atoms with E-state index in [0.717, 1.165) is 0 Å². The van der Waals surface area contributed by atoms with Crippen LogP contribution >= 0.6 is 0 Å². The number of hydrogen-bond acceptors (Lipinski definition) is 5. The third-order valence-corrected chi connectivity index (χ3v) is 1.28. The molecule has 0 fully saturated rings. The Balaban J connectivity index is 2.90. The van der Waals surface area contributed by atoms with E-state index < -0.39 is 0 Å². The maximum atomic E-state index is 5.53. The van der Waals surface area contributed by atoms with Gasteiger partial charge in [-0.05, 0) is 6.92 Å². The monoisotopic (exact) mass is 150 g/mol. The number of aryl methyl sites for hydroxylation is 1. The zero-order chi connectivity index (χ0) is 7.84. The molecule has 0 spiro atoms. The van der Waals surface area contributed by atoms with E-state index in [4.69, 9.17) is 5.73 Å². The van der Waals surface area contributed by atoms with Gasteiger partial charge >= 0.3 is 0 Å². The number of hydrogen-bond donors (Lipinski definition) is 1. The van der Waals surface area contributed by atoms with Crippen LogP contribution in [-0.2, 0) is 0 Å². The van der Waals surface area contributed by atoms with Crippen LogP contribution in [0.3, 0.4) is 0 Å². The van der Waals surface area contributed by atoms with Crippen LogP contribution < -0.4 is 5.73 Å². The van der Waals surface area contributed by atoms with E-state index in [1.807, 2.05) is 0 Å². The minimum Gasteiger partial charge on any atom is -0.382 e. The molecular weight excluding hydrogens is 144 g/mol. The highest BCUT2D eigenvalue weighted by molar-refractivity contribution is 5.35. The summed E-state index contributed by atoms with van der Waals surface area (Å²) in [6.45, 7) is 1.77. The Kier molecular flexibility index (Phi) is 1.03. The fraction of sp³-hybridized carbons (Fsp3) is 0.200.